The smallest absolute Gasteiger partial charge is 0.251 e. The normalized spacial score (nSPS) is 16.0. The van der Waals surface area contributed by atoms with Crippen molar-refractivity contribution in [3.8, 4) is 23.0 Å². The van der Waals surface area contributed by atoms with E-state index in [-0.39, 0.29) is 18.7 Å². The number of fused-ring (bicyclic) bond motifs is 2. The number of amides is 1. The van der Waals surface area contributed by atoms with Crippen LogP contribution >= 0.6 is 0 Å². The molecule has 130 valence electrons. The van der Waals surface area contributed by atoms with E-state index in [0.29, 0.717) is 30.3 Å². The van der Waals surface area contributed by atoms with E-state index in [4.69, 9.17) is 18.9 Å². The maximum atomic E-state index is 12.5. The monoisotopic (exact) mass is 341 g/mol. The predicted molar refractivity (Wildman–Crippen MR) is 90.5 cm³/mol. The van der Waals surface area contributed by atoms with E-state index in [9.17, 15) is 4.79 Å². The van der Waals surface area contributed by atoms with Gasteiger partial charge in [0.15, 0.2) is 23.0 Å². The van der Waals surface area contributed by atoms with Crippen LogP contribution in [-0.4, -0.2) is 25.9 Å². The third-order valence-corrected chi connectivity index (χ3v) is 4.25. The van der Waals surface area contributed by atoms with Crippen molar-refractivity contribution in [2.75, 3.05) is 20.0 Å². The average molecular weight is 341 g/mol. The fourth-order valence-corrected chi connectivity index (χ4v) is 2.85. The highest BCUT2D eigenvalue weighted by molar-refractivity contribution is 5.95. The van der Waals surface area contributed by atoms with E-state index < -0.39 is 0 Å². The van der Waals surface area contributed by atoms with Crippen LogP contribution in [0.2, 0.25) is 0 Å². The van der Waals surface area contributed by atoms with E-state index in [1.807, 2.05) is 25.1 Å². The van der Waals surface area contributed by atoms with Crippen LogP contribution in [-0.2, 0) is 0 Å². The lowest BCUT2D eigenvalue weighted by Crippen LogP contribution is -2.26. The number of hydrogen-bond donors (Lipinski definition) is 1. The standard InChI is InChI=1S/C19H19NO5/c1-12(13-3-5-15-17(9-13)23-8-2-7-22-15)20-19(21)14-4-6-16-18(10-14)25-11-24-16/h3-6,9-10,12H,2,7-8,11H2,1H3,(H,20,21)/t12-/m1/s1. The van der Waals surface area contributed by atoms with Gasteiger partial charge >= 0.3 is 0 Å². The first-order valence-electron chi connectivity index (χ1n) is 8.31. The van der Waals surface area contributed by atoms with Crippen molar-refractivity contribution in [1.82, 2.24) is 5.32 Å². The Kier molecular flexibility index (Phi) is 4.09. The Bertz CT molecular complexity index is 804. The van der Waals surface area contributed by atoms with E-state index in [2.05, 4.69) is 5.32 Å². The lowest BCUT2D eigenvalue weighted by atomic mass is 10.1. The molecule has 6 heteroatoms. The van der Waals surface area contributed by atoms with Gasteiger partial charge in [0.1, 0.15) is 0 Å². The third kappa shape index (κ3) is 3.20. The van der Waals surface area contributed by atoms with Crippen LogP contribution in [0.3, 0.4) is 0 Å². The molecule has 2 aromatic rings. The predicted octanol–water partition coefficient (Wildman–Crippen LogP) is 3.07. The Morgan fingerprint density at radius 3 is 2.48 bits per heavy atom. The van der Waals surface area contributed by atoms with E-state index >= 15 is 0 Å². The van der Waals surface area contributed by atoms with Gasteiger partial charge in [-0.1, -0.05) is 6.07 Å². The molecule has 0 saturated carbocycles. The third-order valence-electron chi connectivity index (χ3n) is 4.25. The zero-order valence-electron chi connectivity index (χ0n) is 13.9. The molecule has 0 aromatic heterocycles. The molecule has 0 radical (unpaired) electrons. The molecular weight excluding hydrogens is 322 g/mol. The van der Waals surface area contributed by atoms with E-state index in [1.165, 1.54) is 0 Å². The number of benzene rings is 2. The number of carbonyl (C=O) groups is 1. The number of ether oxygens (including phenoxy) is 4. The van der Waals surface area contributed by atoms with Gasteiger partial charge in [-0.3, -0.25) is 4.79 Å². The number of nitrogens with one attached hydrogen (secondary N) is 1. The molecule has 6 nitrogen and oxygen atoms in total. The van der Waals surface area contributed by atoms with Crippen molar-refractivity contribution in [1.29, 1.82) is 0 Å². The summed E-state index contributed by atoms with van der Waals surface area (Å²) in [6, 6.07) is 10.7. The second-order valence-electron chi connectivity index (χ2n) is 6.02. The fraction of sp³-hybridized carbons (Fsp3) is 0.316. The van der Waals surface area contributed by atoms with Gasteiger partial charge in [0.2, 0.25) is 6.79 Å². The van der Waals surface area contributed by atoms with Crippen molar-refractivity contribution in [3.63, 3.8) is 0 Å². The topological polar surface area (TPSA) is 66.0 Å². The minimum absolute atomic E-state index is 0.169. The highest BCUT2D eigenvalue weighted by Gasteiger charge is 2.19. The Morgan fingerprint density at radius 1 is 0.920 bits per heavy atom. The second-order valence-corrected chi connectivity index (χ2v) is 6.02. The summed E-state index contributed by atoms with van der Waals surface area (Å²) in [5.74, 6) is 2.55. The van der Waals surface area contributed by atoms with Gasteiger partial charge in [-0.25, -0.2) is 0 Å². The summed E-state index contributed by atoms with van der Waals surface area (Å²) >= 11 is 0. The molecule has 0 spiro atoms. The van der Waals surface area contributed by atoms with Crippen molar-refractivity contribution < 1.29 is 23.7 Å². The zero-order valence-corrected chi connectivity index (χ0v) is 13.9. The first-order chi connectivity index (χ1) is 12.2. The molecule has 0 fully saturated rings. The van der Waals surface area contributed by atoms with Gasteiger partial charge in [0, 0.05) is 12.0 Å². The summed E-state index contributed by atoms with van der Waals surface area (Å²) in [5, 5.41) is 2.99. The molecule has 0 bridgehead atoms. The Hall–Kier alpha value is -2.89. The molecule has 2 heterocycles. The molecule has 2 aliphatic rings. The van der Waals surface area contributed by atoms with E-state index in [1.54, 1.807) is 18.2 Å². The number of rotatable bonds is 3. The van der Waals surface area contributed by atoms with Gasteiger partial charge in [-0.15, -0.1) is 0 Å². The van der Waals surface area contributed by atoms with Crippen LogP contribution in [0.5, 0.6) is 23.0 Å². The van der Waals surface area contributed by atoms with Crippen LogP contribution in [0.4, 0.5) is 0 Å². The lowest BCUT2D eigenvalue weighted by molar-refractivity contribution is 0.0939. The molecule has 1 atom stereocenters. The number of hydrogen-bond acceptors (Lipinski definition) is 5. The first kappa shape index (κ1) is 15.6. The van der Waals surface area contributed by atoms with Crippen molar-refractivity contribution >= 4 is 5.91 Å². The summed E-state index contributed by atoms with van der Waals surface area (Å²) in [6.45, 7) is 3.41. The molecule has 0 unspecified atom stereocenters. The summed E-state index contributed by atoms with van der Waals surface area (Å²) in [6.07, 6.45) is 0.862. The summed E-state index contributed by atoms with van der Waals surface area (Å²) < 4.78 is 21.9. The van der Waals surface area contributed by atoms with E-state index in [0.717, 1.165) is 23.5 Å². The maximum Gasteiger partial charge on any atom is 0.251 e. The molecular formula is C19H19NO5. The molecule has 25 heavy (non-hydrogen) atoms. The summed E-state index contributed by atoms with van der Waals surface area (Å²) in [4.78, 5) is 12.5. The minimum atomic E-state index is -0.171. The van der Waals surface area contributed by atoms with Crippen LogP contribution in [0.1, 0.15) is 35.3 Å². The second kappa shape index (κ2) is 6.55. The van der Waals surface area contributed by atoms with Crippen molar-refractivity contribution in [2.24, 2.45) is 0 Å². The van der Waals surface area contributed by atoms with Crippen LogP contribution in [0, 0.1) is 0 Å². The SMILES string of the molecule is C[C@@H](NC(=O)c1ccc2c(c1)OCO2)c1ccc2c(c1)OCCCO2. The average Bonchev–Trinajstić information content (AvgIpc) is 2.97. The van der Waals surface area contributed by atoms with Crippen molar-refractivity contribution in [2.45, 2.75) is 19.4 Å². The van der Waals surface area contributed by atoms with Gasteiger partial charge in [0.05, 0.1) is 19.3 Å². The molecule has 4 rings (SSSR count). The number of carbonyl (C=O) groups excluding carboxylic acids is 1. The molecule has 0 aliphatic carbocycles. The van der Waals surface area contributed by atoms with Gasteiger partial charge in [-0.05, 0) is 42.8 Å². The van der Waals surface area contributed by atoms with Crippen LogP contribution < -0.4 is 24.3 Å². The quantitative estimate of drug-likeness (QED) is 0.929. The molecule has 2 aliphatic heterocycles. The molecule has 0 saturated heterocycles. The molecule has 2 aromatic carbocycles. The molecule has 1 amide bonds. The van der Waals surface area contributed by atoms with Gasteiger partial charge in [0.25, 0.3) is 5.91 Å². The minimum Gasteiger partial charge on any atom is -0.490 e. The maximum absolute atomic E-state index is 12.5. The highest BCUT2D eigenvalue weighted by atomic mass is 16.7. The van der Waals surface area contributed by atoms with Crippen LogP contribution in [0.25, 0.3) is 0 Å². The van der Waals surface area contributed by atoms with Crippen molar-refractivity contribution in [3.05, 3.63) is 47.5 Å². The van der Waals surface area contributed by atoms with Gasteiger partial charge in [-0.2, -0.15) is 0 Å². The fourth-order valence-electron chi connectivity index (χ4n) is 2.85. The summed E-state index contributed by atoms with van der Waals surface area (Å²) in [7, 11) is 0. The molecule has 1 N–H and O–H groups in total. The Labute approximate surface area is 145 Å². The zero-order chi connectivity index (χ0) is 17.2. The largest absolute Gasteiger partial charge is 0.490 e. The Balaban J connectivity index is 1.49. The van der Waals surface area contributed by atoms with Crippen LogP contribution in [0.15, 0.2) is 36.4 Å². The lowest BCUT2D eigenvalue weighted by Gasteiger charge is -2.16. The summed E-state index contributed by atoms with van der Waals surface area (Å²) in [5.41, 5.74) is 1.49. The Morgan fingerprint density at radius 2 is 1.60 bits per heavy atom. The van der Waals surface area contributed by atoms with Gasteiger partial charge < -0.3 is 24.3 Å². The highest BCUT2D eigenvalue weighted by Crippen LogP contribution is 2.34. The first-order valence-corrected chi connectivity index (χ1v) is 8.31.